The van der Waals surface area contributed by atoms with Gasteiger partial charge in [-0.25, -0.2) is 4.90 Å². The molecule has 0 aliphatic carbocycles. The standard InChI is InChI=1S/C18H18N2O2S/c1-11-6-7-14(8-12(11)2)20-17(21)10-16(18(20)22)23-15-5-3-4-13(19)9-15/h3-9,16H,10,19H2,1-2H3/t16-/m0/s1. The Hall–Kier alpha value is -2.27. The number of carbonyl (C=O) groups is 2. The molecule has 0 radical (unpaired) electrons. The topological polar surface area (TPSA) is 63.4 Å². The zero-order chi connectivity index (χ0) is 16.6. The number of thioether (sulfide) groups is 1. The summed E-state index contributed by atoms with van der Waals surface area (Å²) >= 11 is 1.39. The summed E-state index contributed by atoms with van der Waals surface area (Å²) in [5.41, 5.74) is 9.27. The van der Waals surface area contributed by atoms with Crippen molar-refractivity contribution in [2.45, 2.75) is 30.4 Å². The van der Waals surface area contributed by atoms with E-state index in [0.29, 0.717) is 11.4 Å². The minimum absolute atomic E-state index is 0.153. The van der Waals surface area contributed by atoms with Gasteiger partial charge in [-0.3, -0.25) is 9.59 Å². The van der Waals surface area contributed by atoms with Gasteiger partial charge in [-0.2, -0.15) is 0 Å². The Morgan fingerprint density at radius 1 is 1.09 bits per heavy atom. The van der Waals surface area contributed by atoms with Gasteiger partial charge in [0.2, 0.25) is 11.8 Å². The van der Waals surface area contributed by atoms with Crippen molar-refractivity contribution in [3.8, 4) is 0 Å². The molecule has 5 heteroatoms. The fourth-order valence-corrected chi connectivity index (χ4v) is 3.71. The molecule has 2 aromatic carbocycles. The van der Waals surface area contributed by atoms with Crippen LogP contribution in [0, 0.1) is 13.8 Å². The highest BCUT2D eigenvalue weighted by atomic mass is 32.2. The third-order valence-corrected chi connectivity index (χ3v) is 5.17. The quantitative estimate of drug-likeness (QED) is 0.694. The second kappa shape index (κ2) is 6.08. The van der Waals surface area contributed by atoms with E-state index >= 15 is 0 Å². The van der Waals surface area contributed by atoms with Crippen LogP contribution in [0.2, 0.25) is 0 Å². The van der Waals surface area contributed by atoms with Crippen molar-refractivity contribution in [2.24, 2.45) is 0 Å². The molecule has 0 unspecified atom stereocenters. The van der Waals surface area contributed by atoms with E-state index in [1.165, 1.54) is 16.7 Å². The molecule has 0 saturated carbocycles. The predicted molar refractivity (Wildman–Crippen MR) is 93.5 cm³/mol. The van der Waals surface area contributed by atoms with Crippen LogP contribution in [-0.2, 0) is 9.59 Å². The normalized spacial score (nSPS) is 17.8. The lowest BCUT2D eigenvalue weighted by Gasteiger charge is -2.16. The Morgan fingerprint density at radius 3 is 2.57 bits per heavy atom. The molecule has 2 amide bonds. The van der Waals surface area contributed by atoms with Crippen molar-refractivity contribution in [1.29, 1.82) is 0 Å². The van der Waals surface area contributed by atoms with Crippen molar-refractivity contribution in [1.82, 2.24) is 0 Å². The zero-order valence-corrected chi connectivity index (χ0v) is 13.9. The highest BCUT2D eigenvalue weighted by Gasteiger charge is 2.40. The van der Waals surface area contributed by atoms with Crippen molar-refractivity contribution in [3.63, 3.8) is 0 Å². The zero-order valence-electron chi connectivity index (χ0n) is 13.1. The molecule has 4 nitrogen and oxygen atoms in total. The number of anilines is 2. The number of amides is 2. The number of benzene rings is 2. The van der Waals surface area contributed by atoms with E-state index in [0.717, 1.165) is 16.0 Å². The van der Waals surface area contributed by atoms with Gasteiger partial charge in [0.25, 0.3) is 0 Å². The number of nitrogens with two attached hydrogens (primary N) is 1. The largest absolute Gasteiger partial charge is 0.399 e. The summed E-state index contributed by atoms with van der Waals surface area (Å²) < 4.78 is 0. The molecule has 118 valence electrons. The summed E-state index contributed by atoms with van der Waals surface area (Å²) in [7, 11) is 0. The molecule has 1 saturated heterocycles. The van der Waals surface area contributed by atoms with Crippen molar-refractivity contribution >= 4 is 35.0 Å². The van der Waals surface area contributed by atoms with Gasteiger partial charge < -0.3 is 5.73 Å². The highest BCUT2D eigenvalue weighted by Crippen LogP contribution is 2.34. The Morgan fingerprint density at radius 2 is 1.87 bits per heavy atom. The number of hydrogen-bond donors (Lipinski definition) is 1. The first-order chi connectivity index (χ1) is 11.0. The molecule has 1 aliphatic heterocycles. The third-order valence-electron chi connectivity index (χ3n) is 3.99. The molecule has 1 aliphatic rings. The lowest BCUT2D eigenvalue weighted by Crippen LogP contribution is -2.31. The fraction of sp³-hybridized carbons (Fsp3) is 0.222. The van der Waals surface area contributed by atoms with Gasteiger partial charge in [0.1, 0.15) is 0 Å². The first kappa shape index (κ1) is 15.6. The maximum atomic E-state index is 12.7. The number of nitrogens with zero attached hydrogens (tertiary/aromatic N) is 1. The number of imide groups is 1. The average Bonchev–Trinajstić information content (AvgIpc) is 2.77. The monoisotopic (exact) mass is 326 g/mol. The summed E-state index contributed by atoms with van der Waals surface area (Å²) in [6.07, 6.45) is 0.214. The minimum atomic E-state index is -0.397. The van der Waals surface area contributed by atoms with Crippen LogP contribution < -0.4 is 10.6 Å². The first-order valence-corrected chi connectivity index (χ1v) is 8.30. The van der Waals surface area contributed by atoms with Gasteiger partial charge in [0.05, 0.1) is 10.9 Å². The van der Waals surface area contributed by atoms with E-state index in [4.69, 9.17) is 5.73 Å². The first-order valence-electron chi connectivity index (χ1n) is 7.42. The second-order valence-corrected chi connectivity index (χ2v) is 7.00. The molecule has 2 N–H and O–H groups in total. The van der Waals surface area contributed by atoms with E-state index in [2.05, 4.69) is 0 Å². The van der Waals surface area contributed by atoms with Crippen LogP contribution in [0.3, 0.4) is 0 Å². The number of aryl methyl sites for hydroxylation is 2. The average molecular weight is 326 g/mol. The fourth-order valence-electron chi connectivity index (χ4n) is 2.58. The van der Waals surface area contributed by atoms with Crippen LogP contribution in [0.1, 0.15) is 17.5 Å². The Bertz CT molecular complexity index is 788. The summed E-state index contributed by atoms with van der Waals surface area (Å²) in [6, 6.07) is 13.0. The Labute approximate surface area is 139 Å². The number of rotatable bonds is 3. The van der Waals surface area contributed by atoms with E-state index < -0.39 is 5.25 Å². The maximum absolute atomic E-state index is 12.7. The molecule has 1 fully saturated rings. The van der Waals surface area contributed by atoms with Gasteiger partial charge in [-0.1, -0.05) is 12.1 Å². The number of nitrogen functional groups attached to an aromatic ring is 1. The highest BCUT2D eigenvalue weighted by molar-refractivity contribution is 8.00. The SMILES string of the molecule is Cc1ccc(N2C(=O)C[C@H](Sc3cccc(N)c3)C2=O)cc1C. The Balaban J connectivity index is 1.83. The lowest BCUT2D eigenvalue weighted by molar-refractivity contribution is -0.121. The minimum Gasteiger partial charge on any atom is -0.399 e. The van der Waals surface area contributed by atoms with Crippen LogP contribution in [0.15, 0.2) is 47.4 Å². The molecular formula is C18H18N2O2S. The molecule has 1 atom stereocenters. The van der Waals surface area contributed by atoms with Crippen LogP contribution in [0.5, 0.6) is 0 Å². The van der Waals surface area contributed by atoms with E-state index in [-0.39, 0.29) is 18.2 Å². The number of carbonyl (C=O) groups excluding carboxylic acids is 2. The second-order valence-electron chi connectivity index (χ2n) is 5.72. The number of hydrogen-bond acceptors (Lipinski definition) is 4. The predicted octanol–water partition coefficient (Wildman–Crippen LogP) is 3.31. The van der Waals surface area contributed by atoms with E-state index in [1.54, 1.807) is 6.07 Å². The molecule has 3 rings (SSSR count). The van der Waals surface area contributed by atoms with Gasteiger partial charge in [0, 0.05) is 17.0 Å². The molecule has 2 aromatic rings. The molecule has 0 aromatic heterocycles. The van der Waals surface area contributed by atoms with Crippen molar-refractivity contribution in [3.05, 3.63) is 53.6 Å². The van der Waals surface area contributed by atoms with Crippen LogP contribution in [0.25, 0.3) is 0 Å². The van der Waals surface area contributed by atoms with E-state index in [1.807, 2.05) is 50.2 Å². The van der Waals surface area contributed by atoms with Crippen LogP contribution >= 0.6 is 11.8 Å². The lowest BCUT2D eigenvalue weighted by atomic mass is 10.1. The van der Waals surface area contributed by atoms with Gasteiger partial charge in [-0.05, 0) is 55.3 Å². The van der Waals surface area contributed by atoms with Gasteiger partial charge in [-0.15, -0.1) is 11.8 Å². The molecular weight excluding hydrogens is 308 g/mol. The molecule has 1 heterocycles. The summed E-state index contributed by atoms with van der Waals surface area (Å²) in [6.45, 7) is 3.98. The van der Waals surface area contributed by atoms with E-state index in [9.17, 15) is 9.59 Å². The van der Waals surface area contributed by atoms with Crippen molar-refractivity contribution < 1.29 is 9.59 Å². The van der Waals surface area contributed by atoms with Crippen LogP contribution in [-0.4, -0.2) is 17.1 Å². The summed E-state index contributed by atoms with van der Waals surface area (Å²) in [4.78, 5) is 27.2. The van der Waals surface area contributed by atoms with Gasteiger partial charge >= 0.3 is 0 Å². The smallest absolute Gasteiger partial charge is 0.247 e. The summed E-state index contributed by atoms with van der Waals surface area (Å²) in [5.74, 6) is -0.315. The van der Waals surface area contributed by atoms with Crippen LogP contribution in [0.4, 0.5) is 11.4 Å². The third kappa shape index (κ3) is 3.10. The summed E-state index contributed by atoms with van der Waals surface area (Å²) in [5, 5.41) is -0.397. The van der Waals surface area contributed by atoms with Gasteiger partial charge in [0.15, 0.2) is 0 Å². The molecule has 23 heavy (non-hydrogen) atoms. The molecule has 0 bridgehead atoms. The van der Waals surface area contributed by atoms with Crippen molar-refractivity contribution in [2.75, 3.05) is 10.6 Å². The molecule has 0 spiro atoms. The maximum Gasteiger partial charge on any atom is 0.247 e. The Kier molecular flexibility index (Phi) is 4.13.